The van der Waals surface area contributed by atoms with Gasteiger partial charge in [-0.2, -0.15) is 5.10 Å². The van der Waals surface area contributed by atoms with Crippen molar-refractivity contribution in [1.29, 1.82) is 0 Å². The van der Waals surface area contributed by atoms with Gasteiger partial charge in [0.25, 0.3) is 0 Å². The number of aromatic nitrogens is 4. The van der Waals surface area contributed by atoms with E-state index in [1.807, 2.05) is 37.1 Å². The first-order valence-corrected chi connectivity index (χ1v) is 6.38. The molecule has 1 unspecified atom stereocenters. The molecule has 0 saturated carbocycles. The van der Waals surface area contributed by atoms with Crippen LogP contribution in [0.2, 0.25) is 0 Å². The quantitative estimate of drug-likeness (QED) is 0.872. The molecule has 0 aliphatic heterocycles. The molecule has 2 heterocycles. The van der Waals surface area contributed by atoms with E-state index in [0.717, 1.165) is 36.6 Å². The van der Waals surface area contributed by atoms with Crippen LogP contribution in [-0.4, -0.2) is 19.3 Å². The third-order valence-corrected chi connectivity index (χ3v) is 3.09. The second-order valence-corrected chi connectivity index (χ2v) is 4.68. The summed E-state index contributed by atoms with van der Waals surface area (Å²) in [6.45, 7) is 5.13. The molecule has 2 aromatic rings. The molecular formula is C13H21N5. The molecular weight excluding hydrogens is 226 g/mol. The predicted molar refractivity (Wildman–Crippen MR) is 71.1 cm³/mol. The standard InChI is InChI=1S/C13H21N5/c1-4-6-18-7-5-15-13(18)9-11(14)12-8-10(2)16-17(12)3/h5,7-8,11H,4,6,9,14H2,1-3H3. The van der Waals surface area contributed by atoms with Crippen molar-refractivity contribution in [1.82, 2.24) is 19.3 Å². The smallest absolute Gasteiger partial charge is 0.110 e. The molecule has 2 aromatic heterocycles. The molecule has 0 amide bonds. The van der Waals surface area contributed by atoms with Crippen molar-refractivity contribution in [2.45, 2.75) is 39.3 Å². The normalized spacial score (nSPS) is 12.9. The van der Waals surface area contributed by atoms with Crippen LogP contribution in [0.4, 0.5) is 0 Å². The van der Waals surface area contributed by atoms with Crippen LogP contribution in [0.3, 0.4) is 0 Å². The number of aryl methyl sites for hydroxylation is 3. The maximum atomic E-state index is 6.25. The number of nitrogens with zero attached hydrogens (tertiary/aromatic N) is 4. The highest BCUT2D eigenvalue weighted by Crippen LogP contribution is 2.16. The molecule has 1 atom stereocenters. The lowest BCUT2D eigenvalue weighted by Crippen LogP contribution is -2.19. The number of rotatable bonds is 5. The predicted octanol–water partition coefficient (Wildman–Crippen LogP) is 1.58. The Kier molecular flexibility index (Phi) is 3.81. The molecule has 2 rings (SSSR count). The summed E-state index contributed by atoms with van der Waals surface area (Å²) in [7, 11) is 1.93. The van der Waals surface area contributed by atoms with Crippen molar-refractivity contribution >= 4 is 0 Å². The van der Waals surface area contributed by atoms with Crippen molar-refractivity contribution < 1.29 is 0 Å². The van der Waals surface area contributed by atoms with Crippen LogP contribution in [0.15, 0.2) is 18.5 Å². The lowest BCUT2D eigenvalue weighted by atomic mass is 10.1. The summed E-state index contributed by atoms with van der Waals surface area (Å²) in [4.78, 5) is 4.39. The van der Waals surface area contributed by atoms with E-state index in [4.69, 9.17) is 5.73 Å². The first-order chi connectivity index (χ1) is 8.61. The number of hydrogen-bond donors (Lipinski definition) is 1. The topological polar surface area (TPSA) is 61.7 Å². The highest BCUT2D eigenvalue weighted by atomic mass is 15.3. The molecule has 0 bridgehead atoms. The summed E-state index contributed by atoms with van der Waals surface area (Å²) in [6.07, 6.45) is 5.70. The highest BCUT2D eigenvalue weighted by Gasteiger charge is 2.14. The third-order valence-electron chi connectivity index (χ3n) is 3.09. The average Bonchev–Trinajstić information content (AvgIpc) is 2.87. The van der Waals surface area contributed by atoms with Crippen LogP contribution in [-0.2, 0) is 20.0 Å². The van der Waals surface area contributed by atoms with Gasteiger partial charge in [-0.1, -0.05) is 6.92 Å². The Hall–Kier alpha value is -1.62. The van der Waals surface area contributed by atoms with Crippen LogP contribution in [0.25, 0.3) is 0 Å². The van der Waals surface area contributed by atoms with Crippen molar-refractivity contribution in [2.24, 2.45) is 12.8 Å². The molecule has 0 aromatic carbocycles. The van der Waals surface area contributed by atoms with Crippen molar-refractivity contribution in [2.75, 3.05) is 0 Å². The van der Waals surface area contributed by atoms with E-state index in [2.05, 4.69) is 21.6 Å². The Bertz CT molecular complexity index is 511. The minimum absolute atomic E-state index is 0.0609. The Balaban J connectivity index is 2.13. The van der Waals surface area contributed by atoms with Crippen LogP contribution in [0.5, 0.6) is 0 Å². The summed E-state index contributed by atoms with van der Waals surface area (Å²) in [5.74, 6) is 1.04. The number of imidazole rings is 1. The molecule has 0 saturated heterocycles. The second kappa shape index (κ2) is 5.35. The first kappa shape index (κ1) is 12.8. The zero-order valence-electron chi connectivity index (χ0n) is 11.3. The van der Waals surface area contributed by atoms with Gasteiger partial charge in [-0.3, -0.25) is 4.68 Å². The molecule has 2 N–H and O–H groups in total. The van der Waals surface area contributed by atoms with Gasteiger partial charge in [0.2, 0.25) is 0 Å². The van der Waals surface area contributed by atoms with E-state index < -0.39 is 0 Å². The fourth-order valence-electron chi connectivity index (χ4n) is 2.25. The summed E-state index contributed by atoms with van der Waals surface area (Å²) in [6, 6.07) is 1.98. The first-order valence-electron chi connectivity index (χ1n) is 6.38. The molecule has 0 spiro atoms. The van der Waals surface area contributed by atoms with Gasteiger partial charge >= 0.3 is 0 Å². The molecule has 0 fully saturated rings. The van der Waals surface area contributed by atoms with Crippen molar-refractivity contribution in [3.63, 3.8) is 0 Å². The van der Waals surface area contributed by atoms with Crippen molar-refractivity contribution in [3.8, 4) is 0 Å². The zero-order valence-corrected chi connectivity index (χ0v) is 11.3. The SMILES string of the molecule is CCCn1ccnc1CC(N)c1cc(C)nn1C. The Morgan fingerprint density at radius 3 is 2.83 bits per heavy atom. The molecule has 0 radical (unpaired) electrons. The van der Waals surface area contributed by atoms with Gasteiger partial charge in [-0.25, -0.2) is 4.98 Å². The molecule has 0 aliphatic rings. The largest absolute Gasteiger partial charge is 0.335 e. The fourth-order valence-corrected chi connectivity index (χ4v) is 2.25. The van der Waals surface area contributed by atoms with Crippen LogP contribution in [0, 0.1) is 6.92 Å². The summed E-state index contributed by atoms with van der Waals surface area (Å²) < 4.78 is 4.02. The van der Waals surface area contributed by atoms with Crippen LogP contribution in [0.1, 0.15) is 36.6 Å². The van der Waals surface area contributed by atoms with E-state index in [1.165, 1.54) is 0 Å². The highest BCUT2D eigenvalue weighted by molar-refractivity contribution is 5.14. The molecule has 0 aliphatic carbocycles. The Morgan fingerprint density at radius 1 is 1.44 bits per heavy atom. The molecule has 5 heteroatoms. The Labute approximate surface area is 108 Å². The van der Waals surface area contributed by atoms with Gasteiger partial charge in [-0.15, -0.1) is 0 Å². The summed E-state index contributed by atoms with van der Waals surface area (Å²) >= 11 is 0. The summed E-state index contributed by atoms with van der Waals surface area (Å²) in [5, 5.41) is 4.33. The van der Waals surface area contributed by atoms with Gasteiger partial charge in [0, 0.05) is 32.4 Å². The lowest BCUT2D eigenvalue weighted by molar-refractivity contribution is 0.567. The maximum absolute atomic E-state index is 6.25. The number of hydrogen-bond acceptors (Lipinski definition) is 3. The van der Waals surface area contributed by atoms with Crippen LogP contribution < -0.4 is 5.73 Å². The molecule has 5 nitrogen and oxygen atoms in total. The average molecular weight is 247 g/mol. The Morgan fingerprint density at radius 2 is 2.22 bits per heavy atom. The molecule has 18 heavy (non-hydrogen) atoms. The van der Waals surface area contributed by atoms with Crippen LogP contribution >= 0.6 is 0 Å². The van der Waals surface area contributed by atoms with E-state index in [9.17, 15) is 0 Å². The molecule has 98 valence electrons. The minimum Gasteiger partial charge on any atom is -0.335 e. The van der Waals surface area contributed by atoms with E-state index in [1.54, 1.807) is 0 Å². The van der Waals surface area contributed by atoms with Gasteiger partial charge < -0.3 is 10.3 Å². The third kappa shape index (κ3) is 2.61. The van der Waals surface area contributed by atoms with E-state index in [0.29, 0.717) is 0 Å². The lowest BCUT2D eigenvalue weighted by Gasteiger charge is -2.13. The second-order valence-electron chi connectivity index (χ2n) is 4.68. The van der Waals surface area contributed by atoms with E-state index >= 15 is 0 Å². The van der Waals surface area contributed by atoms with Crippen molar-refractivity contribution in [3.05, 3.63) is 35.7 Å². The summed E-state index contributed by atoms with van der Waals surface area (Å²) in [5.41, 5.74) is 8.31. The number of nitrogens with two attached hydrogens (primary N) is 1. The fraction of sp³-hybridized carbons (Fsp3) is 0.538. The van der Waals surface area contributed by atoms with Gasteiger partial charge in [0.05, 0.1) is 17.4 Å². The maximum Gasteiger partial charge on any atom is 0.110 e. The monoisotopic (exact) mass is 247 g/mol. The van der Waals surface area contributed by atoms with Gasteiger partial charge in [0.15, 0.2) is 0 Å². The van der Waals surface area contributed by atoms with Gasteiger partial charge in [-0.05, 0) is 19.4 Å². The zero-order chi connectivity index (χ0) is 13.1. The minimum atomic E-state index is -0.0609. The van der Waals surface area contributed by atoms with E-state index in [-0.39, 0.29) is 6.04 Å². The van der Waals surface area contributed by atoms with Gasteiger partial charge in [0.1, 0.15) is 5.82 Å².